The minimum Gasteiger partial charge on any atom is -0.497 e. The van der Waals surface area contributed by atoms with Crippen LogP contribution < -0.4 is 10.1 Å². The minimum absolute atomic E-state index is 0.0906. The van der Waals surface area contributed by atoms with E-state index in [-0.39, 0.29) is 24.1 Å². The molecule has 0 saturated carbocycles. The van der Waals surface area contributed by atoms with Crippen molar-refractivity contribution in [3.63, 3.8) is 0 Å². The van der Waals surface area contributed by atoms with Crippen molar-refractivity contribution in [2.75, 3.05) is 39.8 Å². The van der Waals surface area contributed by atoms with Crippen molar-refractivity contribution in [2.45, 2.75) is 0 Å². The first-order chi connectivity index (χ1) is 13.1. The smallest absolute Gasteiger partial charge is 0.287 e. The molecule has 1 saturated heterocycles. The Morgan fingerprint density at radius 3 is 2.48 bits per heavy atom. The zero-order chi connectivity index (χ0) is 19.2. The largest absolute Gasteiger partial charge is 0.497 e. The van der Waals surface area contributed by atoms with Gasteiger partial charge in [0.25, 0.3) is 11.8 Å². The Kier molecular flexibility index (Phi) is 5.75. The van der Waals surface area contributed by atoms with Crippen LogP contribution in [-0.4, -0.2) is 67.4 Å². The lowest BCUT2D eigenvalue weighted by Gasteiger charge is -2.34. The summed E-state index contributed by atoms with van der Waals surface area (Å²) in [6.07, 6.45) is 1.40. The van der Waals surface area contributed by atoms with Crippen molar-refractivity contribution in [2.24, 2.45) is 0 Å². The molecule has 0 radical (unpaired) electrons. The normalized spacial score (nSPS) is 14.0. The molecule has 2 aromatic rings. The highest BCUT2D eigenvalue weighted by Gasteiger charge is 2.25. The van der Waals surface area contributed by atoms with Gasteiger partial charge in [0.05, 0.1) is 19.9 Å². The summed E-state index contributed by atoms with van der Waals surface area (Å²) in [7, 11) is 1.55. The first kappa shape index (κ1) is 18.5. The number of nitrogens with one attached hydrogen (secondary N) is 1. The number of rotatable bonds is 5. The summed E-state index contributed by atoms with van der Waals surface area (Å²) >= 11 is 0. The van der Waals surface area contributed by atoms with Gasteiger partial charge < -0.3 is 24.3 Å². The number of amides is 3. The zero-order valence-electron chi connectivity index (χ0n) is 15.0. The number of nitrogens with zero attached hydrogens (tertiary/aromatic N) is 2. The number of piperazine rings is 1. The summed E-state index contributed by atoms with van der Waals surface area (Å²) in [6.45, 7) is 1.61. The zero-order valence-corrected chi connectivity index (χ0v) is 15.0. The topological polar surface area (TPSA) is 92.1 Å². The molecule has 0 unspecified atom stereocenters. The fraction of sp³-hybridized carbons (Fsp3) is 0.316. The molecule has 2 heterocycles. The van der Waals surface area contributed by atoms with Crippen molar-refractivity contribution in [3.8, 4) is 5.75 Å². The van der Waals surface area contributed by atoms with Crippen LogP contribution in [0.4, 0.5) is 0 Å². The molecule has 0 bridgehead atoms. The average molecular weight is 371 g/mol. The molecule has 0 spiro atoms. The number of furan rings is 1. The molecule has 8 heteroatoms. The van der Waals surface area contributed by atoms with Crippen LogP contribution in [0.25, 0.3) is 0 Å². The van der Waals surface area contributed by atoms with Crippen LogP contribution in [0.3, 0.4) is 0 Å². The van der Waals surface area contributed by atoms with E-state index < -0.39 is 5.91 Å². The second-order valence-electron chi connectivity index (χ2n) is 6.06. The van der Waals surface area contributed by atoms with E-state index in [1.54, 1.807) is 47.2 Å². The Labute approximate surface area is 156 Å². The predicted molar refractivity (Wildman–Crippen MR) is 96.5 cm³/mol. The molecule has 8 nitrogen and oxygen atoms in total. The van der Waals surface area contributed by atoms with Crippen molar-refractivity contribution in [1.29, 1.82) is 0 Å². The Morgan fingerprint density at radius 1 is 1.07 bits per heavy atom. The second kappa shape index (κ2) is 8.39. The van der Waals surface area contributed by atoms with Gasteiger partial charge in [-0.2, -0.15) is 0 Å². The summed E-state index contributed by atoms with van der Waals surface area (Å²) in [5.74, 6) is 0.0779. The van der Waals surface area contributed by atoms with Gasteiger partial charge in [0.15, 0.2) is 5.76 Å². The number of carbonyl (C=O) groups is 3. The van der Waals surface area contributed by atoms with E-state index in [2.05, 4.69) is 5.32 Å². The van der Waals surface area contributed by atoms with Crippen LogP contribution in [-0.2, 0) is 4.79 Å². The Morgan fingerprint density at radius 2 is 1.81 bits per heavy atom. The number of methoxy groups -OCH3 is 1. The van der Waals surface area contributed by atoms with E-state index >= 15 is 0 Å². The summed E-state index contributed by atoms with van der Waals surface area (Å²) in [5, 5.41) is 2.54. The Bertz CT molecular complexity index is 811. The van der Waals surface area contributed by atoms with Crippen LogP contribution in [0, 0.1) is 0 Å². The molecule has 3 amide bonds. The van der Waals surface area contributed by atoms with Crippen molar-refractivity contribution in [3.05, 3.63) is 54.0 Å². The number of benzene rings is 1. The summed E-state index contributed by atoms with van der Waals surface area (Å²) in [5.41, 5.74) is 0.555. The maximum Gasteiger partial charge on any atom is 0.287 e. The highest BCUT2D eigenvalue weighted by Crippen LogP contribution is 2.15. The Hall–Kier alpha value is -3.29. The van der Waals surface area contributed by atoms with E-state index in [9.17, 15) is 14.4 Å². The quantitative estimate of drug-likeness (QED) is 0.847. The van der Waals surface area contributed by atoms with Gasteiger partial charge in [-0.25, -0.2) is 0 Å². The van der Waals surface area contributed by atoms with Crippen LogP contribution in [0.15, 0.2) is 47.1 Å². The molecule has 3 rings (SSSR count). The summed E-state index contributed by atoms with van der Waals surface area (Å²) in [6, 6.07) is 10.1. The summed E-state index contributed by atoms with van der Waals surface area (Å²) < 4.78 is 10.1. The van der Waals surface area contributed by atoms with Crippen molar-refractivity contribution >= 4 is 17.7 Å². The van der Waals surface area contributed by atoms with E-state index in [1.165, 1.54) is 12.3 Å². The van der Waals surface area contributed by atoms with Gasteiger partial charge in [-0.05, 0) is 30.3 Å². The van der Waals surface area contributed by atoms with Gasteiger partial charge in [-0.15, -0.1) is 0 Å². The van der Waals surface area contributed by atoms with E-state index in [0.29, 0.717) is 37.5 Å². The molecule has 1 N–H and O–H groups in total. The number of hydrogen-bond acceptors (Lipinski definition) is 5. The first-order valence-electron chi connectivity index (χ1n) is 8.61. The third-order valence-electron chi connectivity index (χ3n) is 4.38. The highest BCUT2D eigenvalue weighted by molar-refractivity contribution is 5.95. The molecule has 1 aromatic carbocycles. The lowest BCUT2D eigenvalue weighted by atomic mass is 10.1. The number of ether oxygens (including phenoxy) is 1. The predicted octanol–water partition coefficient (Wildman–Crippen LogP) is 1.00. The average Bonchev–Trinajstić information content (AvgIpc) is 3.26. The third kappa shape index (κ3) is 4.46. The fourth-order valence-electron chi connectivity index (χ4n) is 2.86. The number of carbonyl (C=O) groups excluding carboxylic acids is 3. The van der Waals surface area contributed by atoms with Crippen molar-refractivity contribution < 1.29 is 23.5 Å². The van der Waals surface area contributed by atoms with Crippen LogP contribution in [0.1, 0.15) is 20.9 Å². The standard InChI is InChI=1S/C19H21N3O5/c1-26-15-5-2-4-14(12-15)19(25)22-9-7-21(8-10-22)17(23)13-20-18(24)16-6-3-11-27-16/h2-6,11-12H,7-10,13H2,1H3,(H,20,24). The molecular formula is C19H21N3O5. The van der Waals surface area contributed by atoms with Crippen LogP contribution in [0.2, 0.25) is 0 Å². The molecule has 27 heavy (non-hydrogen) atoms. The summed E-state index contributed by atoms with van der Waals surface area (Å²) in [4.78, 5) is 40.0. The second-order valence-corrected chi connectivity index (χ2v) is 6.06. The first-order valence-corrected chi connectivity index (χ1v) is 8.61. The van der Waals surface area contributed by atoms with E-state index in [4.69, 9.17) is 9.15 Å². The van der Waals surface area contributed by atoms with E-state index in [1.807, 2.05) is 0 Å². The Balaban J connectivity index is 1.48. The molecule has 0 aliphatic carbocycles. The molecule has 142 valence electrons. The minimum atomic E-state index is -0.430. The SMILES string of the molecule is COc1cccc(C(=O)N2CCN(C(=O)CNC(=O)c3ccco3)CC2)c1. The van der Waals surface area contributed by atoms with Crippen LogP contribution in [0.5, 0.6) is 5.75 Å². The third-order valence-corrected chi connectivity index (χ3v) is 4.38. The lowest BCUT2D eigenvalue weighted by molar-refractivity contribution is -0.131. The lowest BCUT2D eigenvalue weighted by Crippen LogP contribution is -2.52. The molecule has 1 aliphatic rings. The van der Waals surface area contributed by atoms with Gasteiger partial charge in [0, 0.05) is 31.7 Å². The molecular weight excluding hydrogens is 350 g/mol. The molecule has 1 aromatic heterocycles. The van der Waals surface area contributed by atoms with Crippen LogP contribution >= 0.6 is 0 Å². The fourth-order valence-corrected chi connectivity index (χ4v) is 2.86. The maximum atomic E-state index is 12.6. The monoisotopic (exact) mass is 371 g/mol. The maximum absolute atomic E-state index is 12.6. The highest BCUT2D eigenvalue weighted by atomic mass is 16.5. The van der Waals surface area contributed by atoms with Gasteiger partial charge in [0.2, 0.25) is 5.91 Å². The molecule has 1 fully saturated rings. The number of hydrogen-bond donors (Lipinski definition) is 1. The molecule has 0 atom stereocenters. The molecule has 1 aliphatic heterocycles. The van der Waals surface area contributed by atoms with Gasteiger partial charge >= 0.3 is 0 Å². The van der Waals surface area contributed by atoms with Gasteiger partial charge in [0.1, 0.15) is 5.75 Å². The van der Waals surface area contributed by atoms with Gasteiger partial charge in [-0.3, -0.25) is 14.4 Å². The van der Waals surface area contributed by atoms with Gasteiger partial charge in [-0.1, -0.05) is 6.07 Å². The van der Waals surface area contributed by atoms with Crippen molar-refractivity contribution in [1.82, 2.24) is 15.1 Å². The van der Waals surface area contributed by atoms with E-state index in [0.717, 1.165) is 0 Å².